The Balaban J connectivity index is 0. The van der Waals surface area contributed by atoms with Gasteiger partial charge in [-0.2, -0.15) is 0 Å². The Labute approximate surface area is 738 Å². The molecule has 0 aliphatic heterocycles. The molecule has 0 bridgehead atoms. The van der Waals surface area contributed by atoms with Crippen LogP contribution in [0.2, 0.25) is 0 Å². The Morgan fingerprint density at radius 1 is 0.347 bits per heavy atom. The summed E-state index contributed by atoms with van der Waals surface area (Å²) in [5.41, 5.74) is 19.9. The van der Waals surface area contributed by atoms with E-state index in [4.69, 9.17) is 38.4 Å². The highest BCUT2D eigenvalue weighted by Crippen LogP contribution is 2.40. The highest BCUT2D eigenvalue weighted by atomic mass is 127. The highest BCUT2D eigenvalue weighted by Gasteiger charge is 2.17. The van der Waals surface area contributed by atoms with Crippen LogP contribution in [0.3, 0.4) is 0 Å². The molecule has 24 heteroatoms. The molecule has 3 unspecified atom stereocenters. The predicted molar refractivity (Wildman–Crippen MR) is 505 cm³/mol. The molecule has 118 heavy (non-hydrogen) atoms. The lowest BCUT2D eigenvalue weighted by atomic mass is 10.0. The number of phosphoric ester groups is 3. The number of hydrogen-bond donors (Lipinski definition) is 2. The number of aryl methyl sites for hydroxylation is 3. The Bertz CT molecular complexity index is 2740. The number of nitrogens with zero attached hydrogens (tertiary/aromatic N) is 6. The Morgan fingerprint density at radius 3 is 0.754 bits per heavy atom. The van der Waals surface area contributed by atoms with Crippen LogP contribution in [-0.2, 0) is 60.1 Å². The monoisotopic (exact) mass is 1830 g/mol. The van der Waals surface area contributed by atoms with E-state index in [1.165, 1.54) is 296 Å². The second-order valence-electron chi connectivity index (χ2n) is 35.3. The molecule has 3 N–H and O–H groups in total. The molecule has 3 aromatic rings. The maximum absolute atomic E-state index is 11.7. The fourth-order valence-corrected chi connectivity index (χ4v) is 15.7. The number of quaternary nitrogens is 3. The third-order valence-electron chi connectivity index (χ3n) is 20.6. The van der Waals surface area contributed by atoms with E-state index in [0.29, 0.717) is 38.8 Å². The normalized spacial score (nSPS) is 13.1. The number of rotatable bonds is 76. The largest absolute Gasteiger partial charge is 0.756 e. The van der Waals surface area contributed by atoms with Crippen molar-refractivity contribution in [3.05, 3.63) is 103 Å². The number of nitrogens with one attached hydrogen (secondary N) is 1. The van der Waals surface area contributed by atoms with Crippen LogP contribution in [0.25, 0.3) is 10.4 Å². The van der Waals surface area contributed by atoms with E-state index in [-0.39, 0.29) is 39.6 Å². The average Bonchev–Trinajstić information content (AvgIpc) is 0.912. The van der Waals surface area contributed by atoms with E-state index in [1.54, 1.807) is 0 Å². The van der Waals surface area contributed by atoms with Gasteiger partial charge in [-0.1, -0.05) is 351 Å². The fourth-order valence-electron chi connectivity index (χ4n) is 13.1. The van der Waals surface area contributed by atoms with Gasteiger partial charge in [0.25, 0.3) is 23.5 Å². The highest BCUT2D eigenvalue weighted by molar-refractivity contribution is 14.1. The van der Waals surface area contributed by atoms with Gasteiger partial charge in [0.05, 0.1) is 83.2 Å². The first-order valence-corrected chi connectivity index (χ1v) is 52.5. The lowest BCUT2D eigenvalue weighted by molar-refractivity contribution is -0.870. The third-order valence-corrected chi connectivity index (χ3v) is 24.3. The first-order valence-electron chi connectivity index (χ1n) is 47.1. The second kappa shape index (κ2) is 80.5. The molecule has 0 spiro atoms. The van der Waals surface area contributed by atoms with Gasteiger partial charge in [0, 0.05) is 19.9 Å². The number of azide groups is 1. The first-order chi connectivity index (χ1) is 56.5. The number of hydrogen-bond acceptors (Lipinski definition) is 15. The Hall–Kier alpha value is -2.33. The number of benzene rings is 3. The SMILES string of the molecule is CC.CCCCNC.C[N+](C)(C)CCOP(=O)([O-])OCCCCCCCCCCCCCCCCCCc1ccc(I)cc1.C[N+](C)(C)CCOP(=O)([O-])OCCCCCCCCCCCCCCCCCCc1ccc(N)cc1.C[N+](C)(C)CCOP(=O)([O-])OCCCCCCCCCCCCCCCCCCc1ccc(N=[N+]=[N-])cc1. The fraction of sp³-hybridized carbons (Fsp3) is 0.809. The Morgan fingerprint density at radius 2 is 0.551 bits per heavy atom. The maximum Gasteiger partial charge on any atom is 0.268 e. The van der Waals surface area contributed by atoms with Gasteiger partial charge in [-0.05, 0) is 147 Å². The third kappa shape index (κ3) is 89.9. The lowest BCUT2D eigenvalue weighted by Gasteiger charge is -2.27. The van der Waals surface area contributed by atoms with Crippen LogP contribution in [0, 0.1) is 3.57 Å². The van der Waals surface area contributed by atoms with Crippen LogP contribution in [-0.4, -0.2) is 150 Å². The summed E-state index contributed by atoms with van der Waals surface area (Å²) in [6.45, 7) is 10.4. The van der Waals surface area contributed by atoms with Gasteiger partial charge in [0.15, 0.2) is 0 Å². The van der Waals surface area contributed by atoms with E-state index >= 15 is 0 Å². The molecule has 0 heterocycles. The number of nitrogen functional groups attached to an aromatic ring is 1. The zero-order valence-electron chi connectivity index (χ0n) is 77.9. The topological polar surface area (TPSA) is 263 Å². The number of likely N-dealkylation sites (N-methyl/N-ethyl adjacent to an activating group) is 3. The minimum atomic E-state index is -4.15. The number of anilines is 1. The molecule has 0 radical (unpaired) electrons. The molecule has 3 rings (SSSR count). The van der Waals surface area contributed by atoms with Gasteiger partial charge >= 0.3 is 0 Å². The molecule has 20 nitrogen and oxygen atoms in total. The van der Waals surface area contributed by atoms with Crippen molar-refractivity contribution in [3.63, 3.8) is 0 Å². The van der Waals surface area contributed by atoms with Crippen molar-refractivity contribution >= 4 is 57.4 Å². The van der Waals surface area contributed by atoms with Gasteiger partial charge < -0.3 is 66.3 Å². The molecule has 0 aliphatic rings. The van der Waals surface area contributed by atoms with Crippen molar-refractivity contribution in [2.75, 3.05) is 142 Å². The predicted octanol–water partition coefficient (Wildman–Crippen LogP) is 26.2. The summed E-state index contributed by atoms with van der Waals surface area (Å²) < 4.78 is 68.1. The van der Waals surface area contributed by atoms with Gasteiger partial charge in [-0.3, -0.25) is 13.7 Å². The van der Waals surface area contributed by atoms with Gasteiger partial charge in [0.2, 0.25) is 0 Å². The molecule has 0 saturated heterocycles. The summed E-state index contributed by atoms with van der Waals surface area (Å²) in [6.07, 6.45) is 67.0. The molecule has 0 aromatic heterocycles. The van der Waals surface area contributed by atoms with Crippen molar-refractivity contribution in [2.24, 2.45) is 5.11 Å². The first kappa shape index (κ1) is 118. The molecular formula is C94H180IN8O12P3. The van der Waals surface area contributed by atoms with Crippen LogP contribution >= 0.6 is 46.1 Å². The summed E-state index contributed by atoms with van der Waals surface area (Å²) in [7, 11) is 7.50. The van der Waals surface area contributed by atoms with E-state index < -0.39 is 23.5 Å². The van der Waals surface area contributed by atoms with Crippen molar-refractivity contribution in [1.82, 2.24) is 5.32 Å². The molecule has 0 amide bonds. The number of halogens is 1. The molecule has 0 saturated carbocycles. The van der Waals surface area contributed by atoms with Crippen LogP contribution in [0.4, 0.5) is 11.4 Å². The molecule has 690 valence electrons. The minimum Gasteiger partial charge on any atom is -0.756 e. The van der Waals surface area contributed by atoms with E-state index in [1.807, 2.05) is 109 Å². The second-order valence-corrected chi connectivity index (χ2v) is 40.8. The standard InChI is InChI=1S/C29H53INO4P.C29H53N4O4P.C29H55N2O4P.C5H13N.C2H6/c1-31(2,3)25-27-35-36(32,33)34-26-19-17-15-13-11-9-7-5-4-6-8-10-12-14-16-18-20-28-21-23-29(30)24-22-28;1-33(2,3)25-27-37-38(34,35)36-26-19-17-15-13-11-9-7-5-4-6-8-10-12-14-16-18-20-28-21-23-29(24-22-28)31-32-30;1-31(2,3)25-27-35-36(32,33)34-26-19-17-15-13-11-9-7-5-4-6-8-10-12-14-16-18-20-28-21-23-29(30)24-22-28;1-3-4-5-6-2;1-2/h21-24H,4-20,25-27H2,1-3H3;21-24H,4-20,25-27H2,1-3H3;21-24H,4-20,25-27,30H2,1-3H3;6H,3-5H2,1-2H3;1-2H3. The van der Waals surface area contributed by atoms with E-state index in [2.05, 4.69) is 93.4 Å². The zero-order chi connectivity index (χ0) is 87.9. The zero-order valence-corrected chi connectivity index (χ0v) is 82.7. The molecule has 0 aliphatic carbocycles. The smallest absolute Gasteiger partial charge is 0.268 e. The van der Waals surface area contributed by atoms with Crippen molar-refractivity contribution in [2.45, 2.75) is 361 Å². The van der Waals surface area contributed by atoms with Crippen LogP contribution in [0.15, 0.2) is 77.9 Å². The van der Waals surface area contributed by atoms with Gasteiger partial charge in [-0.15, -0.1) is 0 Å². The number of phosphoric acid groups is 3. The summed E-state index contributed by atoms with van der Waals surface area (Å²) in [4.78, 5) is 38.0. The number of nitrogens with two attached hydrogens (primary N) is 1. The summed E-state index contributed by atoms with van der Waals surface area (Å²) in [5, 5.41) is 6.68. The molecule has 3 aromatic carbocycles. The Kier molecular flexibility index (Phi) is 80.3. The average molecular weight is 1830 g/mol. The van der Waals surface area contributed by atoms with Crippen molar-refractivity contribution in [1.29, 1.82) is 0 Å². The molecule has 3 atom stereocenters. The molecule has 0 fully saturated rings. The molecular weight excluding hydrogens is 1650 g/mol. The van der Waals surface area contributed by atoms with E-state index in [0.717, 1.165) is 76.4 Å². The quantitative estimate of drug-likeness (QED) is 0.00778. The van der Waals surface area contributed by atoms with Gasteiger partial charge in [-0.25, -0.2) is 0 Å². The van der Waals surface area contributed by atoms with Crippen molar-refractivity contribution in [3.8, 4) is 0 Å². The van der Waals surface area contributed by atoms with Crippen LogP contribution in [0.1, 0.15) is 359 Å². The maximum atomic E-state index is 11.7. The van der Waals surface area contributed by atoms with Gasteiger partial charge in [0.1, 0.15) is 39.5 Å². The van der Waals surface area contributed by atoms with Crippen LogP contribution in [0.5, 0.6) is 0 Å². The lowest BCUT2D eigenvalue weighted by Crippen LogP contribution is -2.37. The summed E-state index contributed by atoms with van der Waals surface area (Å²) in [5.74, 6) is 0. The summed E-state index contributed by atoms with van der Waals surface area (Å²) >= 11 is 2.37. The minimum absolute atomic E-state index is 0.158. The van der Waals surface area contributed by atoms with E-state index in [9.17, 15) is 28.4 Å². The van der Waals surface area contributed by atoms with Crippen LogP contribution < -0.4 is 25.7 Å². The number of unbranched alkanes of at least 4 members (excludes halogenated alkanes) is 46. The van der Waals surface area contributed by atoms with Crippen molar-refractivity contribution < 1.29 is 69.0 Å². The summed E-state index contributed by atoms with van der Waals surface area (Å²) in [6, 6.07) is 25.1.